The van der Waals surface area contributed by atoms with Crippen LogP contribution < -0.4 is 5.32 Å². The summed E-state index contributed by atoms with van der Waals surface area (Å²) >= 11 is 0. The number of aryl methyl sites for hydroxylation is 1. The highest BCUT2D eigenvalue weighted by Gasteiger charge is 2.10. The van der Waals surface area contributed by atoms with Gasteiger partial charge in [0.2, 0.25) is 0 Å². The topological polar surface area (TPSA) is 73.2 Å². The van der Waals surface area contributed by atoms with Crippen LogP contribution in [0.3, 0.4) is 0 Å². The molecule has 0 aliphatic rings. The van der Waals surface area contributed by atoms with Crippen molar-refractivity contribution in [1.82, 2.24) is 9.78 Å². The molecular formula is C15H17N3O3. The van der Waals surface area contributed by atoms with Crippen LogP contribution in [0.5, 0.6) is 0 Å². The lowest BCUT2D eigenvalue weighted by molar-refractivity contribution is 0.0505. The number of carbonyl (C=O) groups is 2. The van der Waals surface area contributed by atoms with Crippen molar-refractivity contribution in [2.45, 2.75) is 13.3 Å². The smallest absolute Gasteiger partial charge is 0.338 e. The molecule has 1 aromatic heterocycles. The average Bonchev–Trinajstić information content (AvgIpc) is 2.92. The highest BCUT2D eigenvalue weighted by atomic mass is 16.5. The van der Waals surface area contributed by atoms with Gasteiger partial charge in [0.25, 0.3) is 5.91 Å². The lowest BCUT2D eigenvalue weighted by atomic mass is 10.2. The fourth-order valence-electron chi connectivity index (χ4n) is 1.71. The second-order valence-electron chi connectivity index (χ2n) is 4.57. The number of hydrogen-bond acceptors (Lipinski definition) is 4. The zero-order chi connectivity index (χ0) is 15.2. The van der Waals surface area contributed by atoms with Crippen molar-refractivity contribution in [1.29, 1.82) is 0 Å². The minimum atomic E-state index is -0.359. The third-order valence-electron chi connectivity index (χ3n) is 2.78. The number of ether oxygens (including phenoxy) is 1. The van der Waals surface area contributed by atoms with E-state index in [4.69, 9.17) is 4.74 Å². The predicted octanol–water partition coefficient (Wildman–Crippen LogP) is 2.24. The Morgan fingerprint density at radius 3 is 2.52 bits per heavy atom. The Balaban J connectivity index is 1.99. The molecule has 0 unspecified atom stereocenters. The third kappa shape index (κ3) is 3.92. The number of hydrogen-bond donors (Lipinski definition) is 1. The first-order valence-corrected chi connectivity index (χ1v) is 6.67. The summed E-state index contributed by atoms with van der Waals surface area (Å²) in [7, 11) is 1.74. The van der Waals surface area contributed by atoms with E-state index in [1.54, 1.807) is 42.2 Å². The van der Waals surface area contributed by atoms with Crippen LogP contribution >= 0.6 is 0 Å². The van der Waals surface area contributed by atoms with Gasteiger partial charge in [-0.25, -0.2) is 4.79 Å². The van der Waals surface area contributed by atoms with Crippen LogP contribution in [-0.2, 0) is 11.8 Å². The first-order chi connectivity index (χ1) is 10.1. The Morgan fingerprint density at radius 2 is 1.95 bits per heavy atom. The van der Waals surface area contributed by atoms with Gasteiger partial charge in [0.1, 0.15) is 0 Å². The van der Waals surface area contributed by atoms with Crippen LogP contribution in [0, 0.1) is 0 Å². The molecule has 6 heteroatoms. The molecule has 0 saturated carbocycles. The summed E-state index contributed by atoms with van der Waals surface area (Å²) in [4.78, 5) is 23.6. The normalized spacial score (nSPS) is 10.2. The Hall–Kier alpha value is -2.63. The van der Waals surface area contributed by atoms with Crippen molar-refractivity contribution < 1.29 is 14.3 Å². The molecule has 0 radical (unpaired) electrons. The molecule has 0 saturated heterocycles. The van der Waals surface area contributed by atoms with Crippen molar-refractivity contribution in [3.05, 3.63) is 47.8 Å². The summed E-state index contributed by atoms with van der Waals surface area (Å²) in [6.45, 7) is 2.34. The van der Waals surface area contributed by atoms with Gasteiger partial charge in [-0.3, -0.25) is 9.48 Å². The zero-order valence-electron chi connectivity index (χ0n) is 12.0. The molecule has 0 aliphatic carbocycles. The Morgan fingerprint density at radius 1 is 1.24 bits per heavy atom. The van der Waals surface area contributed by atoms with Crippen molar-refractivity contribution in [2.24, 2.45) is 7.05 Å². The summed E-state index contributed by atoms with van der Waals surface area (Å²) in [6, 6.07) is 6.57. The van der Waals surface area contributed by atoms with Crippen molar-refractivity contribution >= 4 is 17.6 Å². The third-order valence-corrected chi connectivity index (χ3v) is 2.78. The monoisotopic (exact) mass is 287 g/mol. The van der Waals surface area contributed by atoms with Crippen molar-refractivity contribution in [2.75, 3.05) is 11.9 Å². The number of esters is 1. The van der Waals surface area contributed by atoms with Gasteiger partial charge in [-0.2, -0.15) is 5.10 Å². The zero-order valence-corrected chi connectivity index (χ0v) is 12.0. The van der Waals surface area contributed by atoms with Gasteiger partial charge >= 0.3 is 5.97 Å². The number of carbonyl (C=O) groups excluding carboxylic acids is 2. The molecule has 2 rings (SSSR count). The second kappa shape index (κ2) is 6.69. The van der Waals surface area contributed by atoms with E-state index in [-0.39, 0.29) is 11.9 Å². The van der Waals surface area contributed by atoms with Gasteiger partial charge < -0.3 is 10.1 Å². The number of benzene rings is 1. The molecule has 0 fully saturated rings. The first kappa shape index (κ1) is 14.8. The summed E-state index contributed by atoms with van der Waals surface area (Å²) in [5.41, 5.74) is 1.54. The number of aromatic nitrogens is 2. The molecule has 0 bridgehead atoms. The Bertz CT molecular complexity index is 632. The number of nitrogens with zero attached hydrogens (tertiary/aromatic N) is 2. The molecule has 1 amide bonds. The minimum Gasteiger partial charge on any atom is -0.462 e. The molecule has 2 aromatic rings. The van der Waals surface area contributed by atoms with Gasteiger partial charge in [0.05, 0.1) is 23.9 Å². The van der Waals surface area contributed by atoms with E-state index in [9.17, 15) is 9.59 Å². The highest BCUT2D eigenvalue weighted by Crippen LogP contribution is 2.12. The van der Waals surface area contributed by atoms with Gasteiger partial charge in [-0.05, 0) is 30.7 Å². The Labute approximate surface area is 122 Å². The Kier molecular flexibility index (Phi) is 4.71. The van der Waals surface area contributed by atoms with Gasteiger partial charge in [-0.1, -0.05) is 6.92 Å². The van der Waals surface area contributed by atoms with Crippen LogP contribution in [0.15, 0.2) is 36.7 Å². The van der Waals surface area contributed by atoms with Crippen LogP contribution in [0.2, 0.25) is 0 Å². The molecule has 0 aliphatic heterocycles. The average molecular weight is 287 g/mol. The highest BCUT2D eigenvalue weighted by molar-refractivity contribution is 6.04. The SMILES string of the molecule is CCCOC(=O)c1ccc(NC(=O)c2cnn(C)c2)cc1. The summed E-state index contributed by atoms with van der Waals surface area (Å²) < 4.78 is 6.59. The van der Waals surface area contributed by atoms with E-state index in [1.807, 2.05) is 6.92 Å². The van der Waals surface area contributed by atoms with E-state index >= 15 is 0 Å². The largest absolute Gasteiger partial charge is 0.462 e. The van der Waals surface area contributed by atoms with Gasteiger partial charge in [0.15, 0.2) is 0 Å². The molecule has 6 nitrogen and oxygen atoms in total. The van der Waals surface area contributed by atoms with Crippen molar-refractivity contribution in [3.8, 4) is 0 Å². The molecule has 0 spiro atoms. The predicted molar refractivity (Wildman–Crippen MR) is 78.2 cm³/mol. The molecule has 110 valence electrons. The van der Waals surface area contributed by atoms with Crippen LogP contribution in [-0.4, -0.2) is 28.3 Å². The lowest BCUT2D eigenvalue weighted by Crippen LogP contribution is -2.11. The standard InChI is InChI=1S/C15H17N3O3/c1-3-8-21-15(20)11-4-6-13(7-5-11)17-14(19)12-9-16-18(2)10-12/h4-7,9-10H,3,8H2,1-2H3,(H,17,19). The summed E-state index contributed by atoms with van der Waals surface area (Å²) in [5.74, 6) is -0.605. The van der Waals surface area contributed by atoms with E-state index in [2.05, 4.69) is 10.4 Å². The lowest BCUT2D eigenvalue weighted by Gasteiger charge is -2.06. The molecule has 1 aromatic carbocycles. The number of amides is 1. The van der Waals surface area contributed by atoms with Crippen LogP contribution in [0.1, 0.15) is 34.1 Å². The van der Waals surface area contributed by atoms with E-state index in [0.29, 0.717) is 23.4 Å². The molecule has 1 N–H and O–H groups in total. The first-order valence-electron chi connectivity index (χ1n) is 6.67. The van der Waals surface area contributed by atoms with E-state index < -0.39 is 0 Å². The maximum atomic E-state index is 11.9. The molecule has 21 heavy (non-hydrogen) atoms. The van der Waals surface area contributed by atoms with Gasteiger partial charge in [-0.15, -0.1) is 0 Å². The fourth-order valence-corrected chi connectivity index (χ4v) is 1.71. The molecule has 0 atom stereocenters. The quantitative estimate of drug-likeness (QED) is 0.856. The van der Waals surface area contributed by atoms with Crippen LogP contribution in [0.4, 0.5) is 5.69 Å². The number of anilines is 1. The number of nitrogens with one attached hydrogen (secondary N) is 1. The van der Waals surface area contributed by atoms with Crippen LogP contribution in [0.25, 0.3) is 0 Å². The summed E-state index contributed by atoms with van der Waals surface area (Å²) in [5, 5.41) is 6.68. The summed E-state index contributed by atoms with van der Waals surface area (Å²) in [6.07, 6.45) is 3.91. The minimum absolute atomic E-state index is 0.246. The second-order valence-corrected chi connectivity index (χ2v) is 4.57. The van der Waals surface area contributed by atoms with E-state index in [0.717, 1.165) is 6.42 Å². The van der Waals surface area contributed by atoms with Crippen molar-refractivity contribution in [3.63, 3.8) is 0 Å². The maximum Gasteiger partial charge on any atom is 0.338 e. The molecular weight excluding hydrogens is 270 g/mol. The fraction of sp³-hybridized carbons (Fsp3) is 0.267. The van der Waals surface area contributed by atoms with E-state index in [1.165, 1.54) is 6.20 Å². The van der Waals surface area contributed by atoms with Gasteiger partial charge in [0, 0.05) is 18.9 Å². The maximum absolute atomic E-state index is 11.9. The molecule has 1 heterocycles. The number of rotatable bonds is 5.